The first-order valence-corrected chi connectivity index (χ1v) is 5.38. The minimum Gasteiger partial charge on any atom is -0.508 e. The first kappa shape index (κ1) is 11.0. The SMILES string of the molecule is Br.Oc1cccc2c1CCC1CNCC21. The van der Waals surface area contributed by atoms with Gasteiger partial charge in [0.25, 0.3) is 0 Å². The lowest BCUT2D eigenvalue weighted by atomic mass is 9.77. The molecule has 0 amide bonds. The van der Waals surface area contributed by atoms with Gasteiger partial charge in [0.15, 0.2) is 0 Å². The third kappa shape index (κ3) is 1.68. The highest BCUT2D eigenvalue weighted by atomic mass is 79.9. The lowest BCUT2D eigenvalue weighted by molar-refractivity contribution is 0.422. The Hall–Kier alpha value is -0.540. The summed E-state index contributed by atoms with van der Waals surface area (Å²) in [6.45, 7) is 2.24. The molecule has 2 atom stereocenters. The highest BCUT2D eigenvalue weighted by Gasteiger charge is 2.33. The normalized spacial score (nSPS) is 27.7. The topological polar surface area (TPSA) is 32.3 Å². The van der Waals surface area contributed by atoms with Gasteiger partial charge >= 0.3 is 0 Å². The number of phenols is 1. The summed E-state index contributed by atoms with van der Waals surface area (Å²) in [5.41, 5.74) is 2.57. The molecule has 2 N–H and O–H groups in total. The number of fused-ring (bicyclic) bond motifs is 3. The van der Waals surface area contributed by atoms with Gasteiger partial charge in [-0.3, -0.25) is 0 Å². The Bertz CT molecular complexity index is 367. The van der Waals surface area contributed by atoms with Gasteiger partial charge in [0.1, 0.15) is 5.75 Å². The van der Waals surface area contributed by atoms with Crippen LogP contribution in [0.5, 0.6) is 5.75 Å². The van der Waals surface area contributed by atoms with Crippen LogP contribution in [0.2, 0.25) is 0 Å². The maximum Gasteiger partial charge on any atom is 0.119 e. The van der Waals surface area contributed by atoms with E-state index >= 15 is 0 Å². The fourth-order valence-electron chi connectivity index (χ4n) is 2.94. The Balaban J connectivity index is 0.000000853. The van der Waals surface area contributed by atoms with Crippen LogP contribution in [0.25, 0.3) is 0 Å². The van der Waals surface area contributed by atoms with Crippen molar-refractivity contribution in [1.82, 2.24) is 5.32 Å². The van der Waals surface area contributed by atoms with Gasteiger partial charge in [0.05, 0.1) is 0 Å². The number of aromatic hydroxyl groups is 1. The van der Waals surface area contributed by atoms with Gasteiger partial charge in [-0.2, -0.15) is 0 Å². The van der Waals surface area contributed by atoms with Gasteiger partial charge in [0, 0.05) is 12.5 Å². The minimum atomic E-state index is 0. The van der Waals surface area contributed by atoms with Crippen molar-refractivity contribution in [2.75, 3.05) is 13.1 Å². The van der Waals surface area contributed by atoms with Gasteiger partial charge in [-0.25, -0.2) is 0 Å². The molecule has 1 aromatic rings. The van der Waals surface area contributed by atoms with Crippen molar-refractivity contribution in [2.24, 2.45) is 5.92 Å². The first-order chi connectivity index (χ1) is 6.86. The van der Waals surface area contributed by atoms with E-state index in [1.807, 2.05) is 12.1 Å². The first-order valence-electron chi connectivity index (χ1n) is 5.38. The monoisotopic (exact) mass is 269 g/mol. The second-order valence-electron chi connectivity index (χ2n) is 4.41. The average molecular weight is 270 g/mol. The molecule has 1 aromatic carbocycles. The Kier molecular flexibility index (Phi) is 3.03. The highest BCUT2D eigenvalue weighted by Crippen LogP contribution is 2.41. The number of benzene rings is 1. The van der Waals surface area contributed by atoms with E-state index in [1.54, 1.807) is 0 Å². The lowest BCUT2D eigenvalue weighted by Crippen LogP contribution is -2.18. The molecule has 1 aliphatic heterocycles. The van der Waals surface area contributed by atoms with Crippen molar-refractivity contribution in [2.45, 2.75) is 18.8 Å². The van der Waals surface area contributed by atoms with E-state index in [-0.39, 0.29) is 17.0 Å². The van der Waals surface area contributed by atoms with Crippen molar-refractivity contribution < 1.29 is 5.11 Å². The van der Waals surface area contributed by atoms with Crippen LogP contribution >= 0.6 is 17.0 Å². The summed E-state index contributed by atoms with van der Waals surface area (Å²) in [5, 5.41) is 13.2. The number of phenolic OH excluding ortho intramolecular Hbond substituents is 1. The zero-order valence-corrected chi connectivity index (χ0v) is 10.3. The standard InChI is InChI=1S/C12H15NO.BrH/c14-12-3-1-2-9-10(12)5-4-8-6-13-7-11(8)9;/h1-3,8,11,13-14H,4-7H2;1H. The van der Waals surface area contributed by atoms with E-state index in [1.165, 1.54) is 17.5 Å². The summed E-state index contributed by atoms with van der Waals surface area (Å²) >= 11 is 0. The van der Waals surface area contributed by atoms with Crippen LogP contribution in [-0.4, -0.2) is 18.2 Å². The fraction of sp³-hybridized carbons (Fsp3) is 0.500. The molecule has 1 fully saturated rings. The molecule has 82 valence electrons. The van der Waals surface area contributed by atoms with Crippen molar-refractivity contribution in [3.05, 3.63) is 29.3 Å². The van der Waals surface area contributed by atoms with E-state index in [0.717, 1.165) is 25.4 Å². The second kappa shape index (κ2) is 4.14. The molecule has 2 aliphatic rings. The summed E-state index contributed by atoms with van der Waals surface area (Å²) in [5.74, 6) is 1.93. The number of rotatable bonds is 0. The summed E-state index contributed by atoms with van der Waals surface area (Å²) in [7, 11) is 0. The van der Waals surface area contributed by atoms with Gasteiger partial charge < -0.3 is 10.4 Å². The Morgan fingerprint density at radius 1 is 1.27 bits per heavy atom. The van der Waals surface area contributed by atoms with Crippen molar-refractivity contribution in [1.29, 1.82) is 0 Å². The van der Waals surface area contributed by atoms with Gasteiger partial charge in [-0.05, 0) is 42.5 Å². The molecule has 2 unspecified atom stereocenters. The van der Waals surface area contributed by atoms with E-state index < -0.39 is 0 Å². The molecule has 1 aliphatic carbocycles. The summed E-state index contributed by atoms with van der Waals surface area (Å²) in [6.07, 6.45) is 2.27. The third-order valence-electron chi connectivity index (χ3n) is 3.69. The molecule has 15 heavy (non-hydrogen) atoms. The molecule has 1 heterocycles. The van der Waals surface area contributed by atoms with Crippen molar-refractivity contribution >= 4 is 17.0 Å². The molecule has 2 nitrogen and oxygen atoms in total. The summed E-state index contributed by atoms with van der Waals surface area (Å²) in [6, 6.07) is 5.95. The summed E-state index contributed by atoms with van der Waals surface area (Å²) in [4.78, 5) is 0. The Morgan fingerprint density at radius 3 is 3.00 bits per heavy atom. The van der Waals surface area contributed by atoms with Gasteiger partial charge in [-0.15, -0.1) is 17.0 Å². The fourth-order valence-corrected chi connectivity index (χ4v) is 2.94. The van der Waals surface area contributed by atoms with Crippen LogP contribution < -0.4 is 5.32 Å². The maximum atomic E-state index is 9.76. The lowest BCUT2D eigenvalue weighted by Gasteiger charge is -2.27. The largest absolute Gasteiger partial charge is 0.508 e. The van der Waals surface area contributed by atoms with E-state index in [2.05, 4.69) is 11.4 Å². The molecule has 0 aromatic heterocycles. The van der Waals surface area contributed by atoms with Crippen LogP contribution in [-0.2, 0) is 6.42 Å². The average Bonchev–Trinajstić information content (AvgIpc) is 2.66. The molecule has 0 radical (unpaired) electrons. The van der Waals surface area contributed by atoms with Gasteiger partial charge in [0.2, 0.25) is 0 Å². The second-order valence-corrected chi connectivity index (χ2v) is 4.41. The van der Waals surface area contributed by atoms with Crippen molar-refractivity contribution in [3.8, 4) is 5.75 Å². The highest BCUT2D eigenvalue weighted by molar-refractivity contribution is 8.93. The Labute approximate surface area is 100 Å². The van der Waals surface area contributed by atoms with Crippen molar-refractivity contribution in [3.63, 3.8) is 0 Å². The summed E-state index contributed by atoms with van der Waals surface area (Å²) < 4.78 is 0. The smallest absolute Gasteiger partial charge is 0.119 e. The predicted molar refractivity (Wildman–Crippen MR) is 65.9 cm³/mol. The molecule has 0 saturated carbocycles. The van der Waals surface area contributed by atoms with E-state index in [4.69, 9.17) is 0 Å². The maximum absolute atomic E-state index is 9.76. The molecule has 0 bridgehead atoms. The zero-order chi connectivity index (χ0) is 9.54. The van der Waals surface area contributed by atoms with Crippen LogP contribution in [0.15, 0.2) is 18.2 Å². The van der Waals surface area contributed by atoms with Gasteiger partial charge in [-0.1, -0.05) is 12.1 Å². The van der Waals surface area contributed by atoms with Crippen LogP contribution in [0.3, 0.4) is 0 Å². The minimum absolute atomic E-state index is 0. The molecular weight excluding hydrogens is 254 g/mol. The predicted octanol–water partition coefficient (Wildman–Crippen LogP) is 2.22. The molecule has 3 heteroatoms. The van der Waals surface area contributed by atoms with E-state index in [0.29, 0.717) is 11.7 Å². The molecular formula is C12H16BrNO. The number of nitrogens with one attached hydrogen (secondary N) is 1. The number of halogens is 1. The molecule has 1 saturated heterocycles. The van der Waals surface area contributed by atoms with Crippen LogP contribution in [0, 0.1) is 5.92 Å². The third-order valence-corrected chi connectivity index (χ3v) is 3.69. The number of hydrogen-bond acceptors (Lipinski definition) is 2. The number of hydrogen-bond donors (Lipinski definition) is 2. The van der Waals surface area contributed by atoms with Crippen LogP contribution in [0.1, 0.15) is 23.5 Å². The zero-order valence-electron chi connectivity index (χ0n) is 8.57. The molecule has 3 rings (SSSR count). The Morgan fingerprint density at radius 2 is 2.13 bits per heavy atom. The van der Waals surface area contributed by atoms with Crippen LogP contribution in [0.4, 0.5) is 0 Å². The quantitative estimate of drug-likeness (QED) is 0.757. The molecule has 0 spiro atoms. The van der Waals surface area contributed by atoms with E-state index in [9.17, 15) is 5.11 Å².